The van der Waals surface area contributed by atoms with E-state index in [1.807, 2.05) is 0 Å². The van der Waals surface area contributed by atoms with Gasteiger partial charge in [0.15, 0.2) is 0 Å². The van der Waals surface area contributed by atoms with Gasteiger partial charge < -0.3 is 9.84 Å². The van der Waals surface area contributed by atoms with Crippen molar-refractivity contribution in [3.63, 3.8) is 0 Å². The second kappa shape index (κ2) is 5.35. The van der Waals surface area contributed by atoms with E-state index >= 15 is 0 Å². The predicted octanol–water partition coefficient (Wildman–Crippen LogP) is 1.70. The number of nitrogens with one attached hydrogen (secondary N) is 1. The summed E-state index contributed by atoms with van der Waals surface area (Å²) in [7, 11) is 0. The lowest BCUT2D eigenvalue weighted by molar-refractivity contribution is -0.142. The first-order valence-corrected chi connectivity index (χ1v) is 5.64. The van der Waals surface area contributed by atoms with Crippen LogP contribution in [-0.4, -0.2) is 28.9 Å². The van der Waals surface area contributed by atoms with Crippen LogP contribution in [0.4, 0.5) is 4.79 Å². The SMILES string of the molecule is CC(C)(C)OC(=O)NOC(CC(=O)O)C1CC1. The molecular weight excluding hydrogens is 226 g/mol. The molecule has 1 fully saturated rings. The Morgan fingerprint density at radius 3 is 2.41 bits per heavy atom. The quantitative estimate of drug-likeness (QED) is 0.720. The number of hydrogen-bond donors (Lipinski definition) is 2. The van der Waals surface area contributed by atoms with Crippen molar-refractivity contribution in [2.45, 2.75) is 51.7 Å². The Balaban J connectivity index is 2.31. The van der Waals surface area contributed by atoms with Crippen LogP contribution in [0, 0.1) is 5.92 Å². The Labute approximate surface area is 100 Å². The van der Waals surface area contributed by atoms with Gasteiger partial charge in [0.1, 0.15) is 5.60 Å². The Hall–Kier alpha value is -1.30. The zero-order chi connectivity index (χ0) is 13.1. The highest BCUT2D eigenvalue weighted by atomic mass is 16.7. The van der Waals surface area contributed by atoms with Crippen molar-refractivity contribution in [3.05, 3.63) is 0 Å². The highest BCUT2D eigenvalue weighted by Crippen LogP contribution is 2.35. The van der Waals surface area contributed by atoms with E-state index in [-0.39, 0.29) is 12.3 Å². The molecule has 6 nitrogen and oxygen atoms in total. The minimum Gasteiger partial charge on any atom is -0.481 e. The maximum Gasteiger partial charge on any atom is 0.431 e. The van der Waals surface area contributed by atoms with E-state index in [1.54, 1.807) is 20.8 Å². The van der Waals surface area contributed by atoms with Gasteiger partial charge in [-0.25, -0.2) is 4.79 Å². The van der Waals surface area contributed by atoms with Gasteiger partial charge in [-0.1, -0.05) is 0 Å². The number of rotatable bonds is 5. The minimum absolute atomic E-state index is 0.111. The number of carbonyl (C=O) groups excluding carboxylic acids is 1. The molecule has 0 aliphatic heterocycles. The average molecular weight is 245 g/mol. The van der Waals surface area contributed by atoms with Crippen LogP contribution in [0.2, 0.25) is 0 Å². The number of amides is 1. The molecule has 0 radical (unpaired) electrons. The van der Waals surface area contributed by atoms with Gasteiger partial charge in [0.05, 0.1) is 12.5 Å². The van der Waals surface area contributed by atoms with E-state index in [9.17, 15) is 9.59 Å². The van der Waals surface area contributed by atoms with Gasteiger partial charge in [-0.3, -0.25) is 9.63 Å². The lowest BCUT2D eigenvalue weighted by Gasteiger charge is -2.21. The third-order valence-electron chi connectivity index (χ3n) is 2.22. The molecule has 6 heteroatoms. The maximum atomic E-state index is 11.3. The molecule has 1 atom stereocenters. The Bertz CT molecular complexity index is 293. The van der Waals surface area contributed by atoms with Crippen LogP contribution in [0.25, 0.3) is 0 Å². The topological polar surface area (TPSA) is 84.9 Å². The van der Waals surface area contributed by atoms with Gasteiger partial charge in [-0.2, -0.15) is 5.48 Å². The number of ether oxygens (including phenoxy) is 1. The first-order chi connectivity index (χ1) is 7.78. The summed E-state index contributed by atoms with van der Waals surface area (Å²) in [6, 6.07) is 0. The molecular formula is C11H19NO5. The van der Waals surface area contributed by atoms with Crippen molar-refractivity contribution < 1.29 is 24.3 Å². The standard InChI is InChI=1S/C11H19NO5/c1-11(2,3)16-10(15)12-17-8(6-9(13)14)7-4-5-7/h7-8H,4-6H2,1-3H3,(H,12,15)(H,13,14). The zero-order valence-corrected chi connectivity index (χ0v) is 10.4. The maximum absolute atomic E-state index is 11.3. The summed E-state index contributed by atoms with van der Waals surface area (Å²) in [4.78, 5) is 27.0. The van der Waals surface area contributed by atoms with Crippen molar-refractivity contribution >= 4 is 12.1 Å². The molecule has 17 heavy (non-hydrogen) atoms. The number of carboxylic acids is 1. The van der Waals surface area contributed by atoms with Crippen LogP contribution < -0.4 is 5.48 Å². The molecule has 1 amide bonds. The Morgan fingerprint density at radius 1 is 1.41 bits per heavy atom. The number of carbonyl (C=O) groups is 2. The smallest absolute Gasteiger partial charge is 0.431 e. The molecule has 1 aliphatic rings. The molecule has 2 N–H and O–H groups in total. The minimum atomic E-state index is -0.937. The van der Waals surface area contributed by atoms with Gasteiger partial charge >= 0.3 is 12.1 Å². The molecule has 0 aromatic carbocycles. The van der Waals surface area contributed by atoms with Gasteiger partial charge in [-0.05, 0) is 39.5 Å². The van der Waals surface area contributed by atoms with Crippen LogP contribution in [0.15, 0.2) is 0 Å². The van der Waals surface area contributed by atoms with Crippen LogP contribution in [0.3, 0.4) is 0 Å². The summed E-state index contributed by atoms with van der Waals surface area (Å²) in [6.45, 7) is 5.21. The Morgan fingerprint density at radius 2 is 2.00 bits per heavy atom. The highest BCUT2D eigenvalue weighted by molar-refractivity contribution is 5.68. The van der Waals surface area contributed by atoms with Crippen molar-refractivity contribution in [2.24, 2.45) is 5.92 Å². The molecule has 0 aromatic rings. The summed E-state index contributed by atoms with van der Waals surface area (Å²) < 4.78 is 4.97. The normalized spacial score (nSPS) is 17.4. The summed E-state index contributed by atoms with van der Waals surface area (Å²) in [5, 5.41) is 8.69. The summed E-state index contributed by atoms with van der Waals surface area (Å²) >= 11 is 0. The zero-order valence-electron chi connectivity index (χ0n) is 10.4. The monoisotopic (exact) mass is 245 g/mol. The lowest BCUT2D eigenvalue weighted by atomic mass is 10.2. The van der Waals surface area contributed by atoms with Gasteiger partial charge in [0.25, 0.3) is 0 Å². The molecule has 98 valence electrons. The summed E-state index contributed by atoms with van der Waals surface area (Å²) in [6.07, 6.45) is 0.594. The number of hydroxylamine groups is 1. The molecule has 0 heterocycles. The third-order valence-corrected chi connectivity index (χ3v) is 2.22. The highest BCUT2D eigenvalue weighted by Gasteiger charge is 2.34. The van der Waals surface area contributed by atoms with Crippen LogP contribution in [-0.2, 0) is 14.4 Å². The molecule has 1 saturated carbocycles. The van der Waals surface area contributed by atoms with E-state index in [0.717, 1.165) is 12.8 Å². The second-order valence-electron chi connectivity index (χ2n) is 5.20. The van der Waals surface area contributed by atoms with Crippen molar-refractivity contribution in [1.29, 1.82) is 0 Å². The number of carboxylic acid groups (broad SMARTS) is 1. The molecule has 1 unspecified atom stereocenters. The van der Waals surface area contributed by atoms with E-state index < -0.39 is 23.8 Å². The largest absolute Gasteiger partial charge is 0.481 e. The van der Waals surface area contributed by atoms with Crippen LogP contribution in [0.5, 0.6) is 0 Å². The van der Waals surface area contributed by atoms with Crippen molar-refractivity contribution in [2.75, 3.05) is 0 Å². The van der Waals surface area contributed by atoms with Crippen molar-refractivity contribution in [1.82, 2.24) is 5.48 Å². The molecule has 0 aromatic heterocycles. The second-order valence-corrected chi connectivity index (χ2v) is 5.20. The van der Waals surface area contributed by atoms with Gasteiger partial charge in [0.2, 0.25) is 0 Å². The van der Waals surface area contributed by atoms with E-state index in [0.29, 0.717) is 0 Å². The molecule has 1 aliphatic carbocycles. The average Bonchev–Trinajstić information content (AvgIpc) is 2.91. The number of aliphatic carboxylic acids is 1. The van der Waals surface area contributed by atoms with E-state index in [1.165, 1.54) is 0 Å². The van der Waals surface area contributed by atoms with E-state index in [2.05, 4.69) is 5.48 Å². The third kappa shape index (κ3) is 6.11. The van der Waals surface area contributed by atoms with Crippen LogP contribution >= 0.6 is 0 Å². The van der Waals surface area contributed by atoms with Gasteiger partial charge in [0, 0.05) is 0 Å². The fourth-order valence-corrected chi connectivity index (χ4v) is 1.37. The summed E-state index contributed by atoms with van der Waals surface area (Å²) in [5.41, 5.74) is 1.54. The fraction of sp³-hybridized carbons (Fsp3) is 0.818. The molecule has 1 rings (SSSR count). The Kier molecular flexibility index (Phi) is 4.34. The van der Waals surface area contributed by atoms with Crippen LogP contribution in [0.1, 0.15) is 40.0 Å². The molecule has 0 saturated heterocycles. The molecule has 0 bridgehead atoms. The van der Waals surface area contributed by atoms with Crippen molar-refractivity contribution in [3.8, 4) is 0 Å². The first-order valence-electron chi connectivity index (χ1n) is 5.64. The lowest BCUT2D eigenvalue weighted by Crippen LogP contribution is -2.36. The first kappa shape index (κ1) is 13.8. The molecule has 0 spiro atoms. The predicted molar refractivity (Wildman–Crippen MR) is 59.2 cm³/mol. The summed E-state index contributed by atoms with van der Waals surface area (Å²) in [5.74, 6) is -0.714. The van der Waals surface area contributed by atoms with Gasteiger partial charge in [-0.15, -0.1) is 0 Å². The number of hydrogen-bond acceptors (Lipinski definition) is 4. The van der Waals surface area contributed by atoms with E-state index in [4.69, 9.17) is 14.7 Å². The fourth-order valence-electron chi connectivity index (χ4n) is 1.37.